The molecular weight excluding hydrogens is 259 g/mol. The summed E-state index contributed by atoms with van der Waals surface area (Å²) in [5, 5.41) is 8.44. The Morgan fingerprint density at radius 2 is 2.06 bits per heavy atom. The fraction of sp³-hybridized carbons (Fsp3) is 0.400. The Balaban J connectivity index is 3.27. The number of pyridine rings is 1. The van der Waals surface area contributed by atoms with Gasteiger partial charge in [-0.25, -0.2) is 13.8 Å². The van der Waals surface area contributed by atoms with Gasteiger partial charge < -0.3 is 4.74 Å². The monoisotopic (exact) mass is 266 g/mol. The molecule has 0 spiro atoms. The number of aromatic nitrogens is 1. The van der Waals surface area contributed by atoms with E-state index in [-0.39, 0.29) is 17.7 Å². The van der Waals surface area contributed by atoms with Gasteiger partial charge in [-0.1, -0.05) is 0 Å². The topological polar surface area (TPSA) is 45.9 Å². The fourth-order valence-corrected chi connectivity index (χ4v) is 1.26. The second-order valence-corrected chi connectivity index (χ2v) is 3.33. The molecule has 0 saturated heterocycles. The summed E-state index contributed by atoms with van der Waals surface area (Å²) in [5.41, 5.74) is -0.769. The van der Waals surface area contributed by atoms with Crippen molar-refractivity contribution >= 4 is 0 Å². The number of hydrogen-bond acceptors (Lipinski definition) is 3. The van der Waals surface area contributed by atoms with Gasteiger partial charge in [0.15, 0.2) is 0 Å². The van der Waals surface area contributed by atoms with Gasteiger partial charge in [0, 0.05) is 0 Å². The van der Waals surface area contributed by atoms with Gasteiger partial charge in [0.05, 0.1) is 23.7 Å². The smallest absolute Gasteiger partial charge is 0.387 e. The number of nitrogens with zero attached hydrogens (tertiary/aromatic N) is 2. The summed E-state index contributed by atoms with van der Waals surface area (Å²) in [6.45, 7) is 1.38. The first kappa shape index (κ1) is 14.2. The molecule has 0 unspecified atom stereocenters. The first-order valence-corrected chi connectivity index (χ1v) is 4.66. The van der Waals surface area contributed by atoms with Crippen LogP contribution in [0.1, 0.15) is 23.2 Å². The molecule has 0 aliphatic heterocycles. The summed E-state index contributed by atoms with van der Waals surface area (Å²) in [4.78, 5) is 3.32. The average Bonchev–Trinajstić information content (AvgIpc) is 2.20. The lowest BCUT2D eigenvalue weighted by Gasteiger charge is -2.14. The third kappa shape index (κ3) is 3.55. The van der Waals surface area contributed by atoms with Gasteiger partial charge >= 0.3 is 6.36 Å². The normalized spacial score (nSPS) is 11.4. The highest BCUT2D eigenvalue weighted by atomic mass is 19.4. The van der Waals surface area contributed by atoms with Crippen molar-refractivity contribution in [1.82, 2.24) is 4.98 Å². The number of alkyl halides is 5. The lowest BCUT2D eigenvalue weighted by molar-refractivity contribution is -0.276. The molecule has 18 heavy (non-hydrogen) atoms. The Morgan fingerprint density at radius 1 is 1.44 bits per heavy atom. The zero-order valence-corrected chi connectivity index (χ0v) is 9.05. The molecule has 0 aliphatic carbocycles. The van der Waals surface area contributed by atoms with Crippen molar-refractivity contribution in [1.29, 1.82) is 5.26 Å². The van der Waals surface area contributed by atoms with E-state index in [1.807, 2.05) is 0 Å². The molecule has 0 amide bonds. The summed E-state index contributed by atoms with van der Waals surface area (Å²) in [7, 11) is 0. The molecule has 1 rings (SSSR count). The maximum atomic E-state index is 12.5. The van der Waals surface area contributed by atoms with Crippen LogP contribution in [-0.2, 0) is 6.42 Å². The van der Waals surface area contributed by atoms with Crippen LogP contribution < -0.4 is 4.74 Å². The number of rotatable bonds is 3. The van der Waals surface area contributed by atoms with Crippen LogP contribution >= 0.6 is 0 Å². The molecule has 0 atom stereocenters. The average molecular weight is 266 g/mol. The van der Waals surface area contributed by atoms with E-state index >= 15 is 0 Å². The van der Waals surface area contributed by atoms with Crippen molar-refractivity contribution in [2.75, 3.05) is 0 Å². The molecule has 1 aromatic rings. The number of nitriles is 1. The second-order valence-electron chi connectivity index (χ2n) is 3.33. The molecule has 0 radical (unpaired) electrons. The molecular formula is C10H7F5N2O. The minimum atomic E-state index is -5.12. The maximum Gasteiger partial charge on any atom is 0.574 e. The van der Waals surface area contributed by atoms with Gasteiger partial charge in [-0.2, -0.15) is 5.26 Å². The highest BCUT2D eigenvalue weighted by Crippen LogP contribution is 2.32. The molecule has 0 bridgehead atoms. The third-order valence-electron chi connectivity index (χ3n) is 2.00. The molecule has 1 heterocycles. The van der Waals surface area contributed by atoms with Crippen LogP contribution in [0.2, 0.25) is 0 Å². The van der Waals surface area contributed by atoms with Crippen LogP contribution in [0.15, 0.2) is 6.07 Å². The van der Waals surface area contributed by atoms with Crippen LogP contribution in [0.3, 0.4) is 0 Å². The predicted molar refractivity (Wildman–Crippen MR) is 49.9 cm³/mol. The Bertz CT molecular complexity index is 478. The van der Waals surface area contributed by atoms with Crippen molar-refractivity contribution in [3.05, 3.63) is 22.9 Å². The van der Waals surface area contributed by atoms with E-state index in [4.69, 9.17) is 5.26 Å². The number of ether oxygens (including phenoxy) is 1. The van der Waals surface area contributed by atoms with Gasteiger partial charge in [-0.05, 0) is 18.6 Å². The summed E-state index contributed by atoms with van der Waals surface area (Å²) in [6, 6.07) is 2.52. The summed E-state index contributed by atoms with van der Waals surface area (Å²) in [5.74, 6) is -1.21. The Kier molecular flexibility index (Phi) is 4.06. The molecule has 0 aliphatic rings. The molecule has 0 fully saturated rings. The molecule has 0 saturated carbocycles. The SMILES string of the molecule is Cc1cc(C(F)F)c(OC(F)(F)F)nc1CC#N. The van der Waals surface area contributed by atoms with Crippen molar-refractivity contribution in [2.24, 2.45) is 0 Å². The van der Waals surface area contributed by atoms with Crippen LogP contribution in [0, 0.1) is 18.3 Å². The molecule has 1 aromatic heterocycles. The Hall–Kier alpha value is -1.91. The summed E-state index contributed by atoms with van der Waals surface area (Å²) < 4.78 is 64.6. The van der Waals surface area contributed by atoms with Crippen molar-refractivity contribution in [3.63, 3.8) is 0 Å². The quantitative estimate of drug-likeness (QED) is 0.788. The largest absolute Gasteiger partial charge is 0.574 e. The Morgan fingerprint density at radius 3 is 2.50 bits per heavy atom. The minimum Gasteiger partial charge on any atom is -0.387 e. The van der Waals surface area contributed by atoms with E-state index in [2.05, 4.69) is 9.72 Å². The van der Waals surface area contributed by atoms with Crippen molar-refractivity contribution < 1.29 is 26.7 Å². The van der Waals surface area contributed by atoms with E-state index in [0.29, 0.717) is 0 Å². The van der Waals surface area contributed by atoms with Crippen molar-refractivity contribution in [2.45, 2.75) is 26.1 Å². The predicted octanol–water partition coefficient (Wildman–Crippen LogP) is 3.29. The highest BCUT2D eigenvalue weighted by Gasteiger charge is 2.34. The number of halogens is 5. The van der Waals surface area contributed by atoms with Gasteiger partial charge in [-0.3, -0.25) is 0 Å². The van der Waals surface area contributed by atoms with Gasteiger partial charge in [0.1, 0.15) is 0 Å². The number of aryl methyl sites for hydroxylation is 1. The van der Waals surface area contributed by atoms with Crippen LogP contribution in [-0.4, -0.2) is 11.3 Å². The lowest BCUT2D eigenvalue weighted by atomic mass is 10.1. The zero-order chi connectivity index (χ0) is 13.9. The van der Waals surface area contributed by atoms with Crippen molar-refractivity contribution in [3.8, 4) is 11.9 Å². The van der Waals surface area contributed by atoms with Crippen LogP contribution in [0.25, 0.3) is 0 Å². The molecule has 3 nitrogen and oxygen atoms in total. The maximum absolute atomic E-state index is 12.5. The number of hydrogen-bond donors (Lipinski definition) is 0. The Labute approximate surface area is 98.8 Å². The van der Waals surface area contributed by atoms with E-state index in [1.165, 1.54) is 6.92 Å². The fourth-order valence-electron chi connectivity index (χ4n) is 1.26. The lowest BCUT2D eigenvalue weighted by Crippen LogP contribution is -2.20. The molecule has 0 aromatic carbocycles. The van der Waals surface area contributed by atoms with E-state index in [1.54, 1.807) is 6.07 Å². The standard InChI is InChI=1S/C10H7F5N2O/c1-5-4-6(8(11)12)9(18-10(13,14)15)17-7(5)2-3-16/h4,8H,2H2,1H3. The summed E-state index contributed by atoms with van der Waals surface area (Å²) >= 11 is 0. The van der Waals surface area contributed by atoms with Crippen LogP contribution in [0.5, 0.6) is 5.88 Å². The molecule has 8 heteroatoms. The van der Waals surface area contributed by atoms with Crippen LogP contribution in [0.4, 0.5) is 22.0 Å². The van der Waals surface area contributed by atoms with Gasteiger partial charge in [-0.15, -0.1) is 13.2 Å². The highest BCUT2D eigenvalue weighted by molar-refractivity contribution is 5.35. The van der Waals surface area contributed by atoms with E-state index in [9.17, 15) is 22.0 Å². The summed E-state index contributed by atoms with van der Waals surface area (Å²) in [6.07, 6.45) is -8.55. The van der Waals surface area contributed by atoms with E-state index < -0.39 is 24.2 Å². The molecule has 0 N–H and O–H groups in total. The second kappa shape index (κ2) is 5.16. The third-order valence-corrected chi connectivity index (χ3v) is 2.00. The van der Waals surface area contributed by atoms with E-state index in [0.717, 1.165) is 6.07 Å². The molecule has 98 valence electrons. The first-order chi connectivity index (χ1) is 8.24. The minimum absolute atomic E-state index is 0.0267. The zero-order valence-electron chi connectivity index (χ0n) is 9.05. The van der Waals surface area contributed by atoms with Gasteiger partial charge in [0.2, 0.25) is 5.88 Å². The first-order valence-electron chi connectivity index (χ1n) is 4.66. The van der Waals surface area contributed by atoms with Gasteiger partial charge in [0.25, 0.3) is 6.43 Å².